The second-order valence-corrected chi connectivity index (χ2v) is 4.01. The van der Waals surface area contributed by atoms with Gasteiger partial charge in [0.25, 0.3) is 5.91 Å². The summed E-state index contributed by atoms with van der Waals surface area (Å²) in [5.74, 6) is 0.418. The highest BCUT2D eigenvalue weighted by Gasteiger charge is 2.09. The third-order valence-electron chi connectivity index (χ3n) is 2.13. The summed E-state index contributed by atoms with van der Waals surface area (Å²) < 4.78 is 1.56. The molecule has 8 heteroatoms. The first-order valence-corrected chi connectivity index (χ1v) is 5.48. The van der Waals surface area contributed by atoms with Gasteiger partial charge in [0.2, 0.25) is 0 Å². The summed E-state index contributed by atoms with van der Waals surface area (Å²) in [7, 11) is 1.75. The van der Waals surface area contributed by atoms with E-state index >= 15 is 0 Å². The standard InChI is InChI=1S/C10H11ClN6O/c1-17-5-14-9(16-17)4-13-10(18)6-2-7(11)15-8(12)3-6/h2-3,5H,4H2,1H3,(H2,12,15)(H,13,18). The van der Waals surface area contributed by atoms with Crippen LogP contribution in [-0.4, -0.2) is 25.7 Å². The van der Waals surface area contributed by atoms with Crippen LogP contribution in [0.5, 0.6) is 0 Å². The smallest absolute Gasteiger partial charge is 0.251 e. The number of anilines is 1. The number of pyridine rings is 1. The molecule has 0 saturated carbocycles. The highest BCUT2D eigenvalue weighted by Crippen LogP contribution is 2.11. The van der Waals surface area contributed by atoms with E-state index in [-0.39, 0.29) is 23.4 Å². The molecular weight excluding hydrogens is 256 g/mol. The molecule has 1 amide bonds. The first kappa shape index (κ1) is 12.3. The van der Waals surface area contributed by atoms with Gasteiger partial charge in [0.1, 0.15) is 17.3 Å². The van der Waals surface area contributed by atoms with E-state index in [1.54, 1.807) is 18.1 Å². The lowest BCUT2D eigenvalue weighted by atomic mass is 10.2. The number of halogens is 1. The molecule has 2 heterocycles. The molecule has 0 atom stereocenters. The summed E-state index contributed by atoms with van der Waals surface area (Å²) in [5.41, 5.74) is 5.85. The molecule has 18 heavy (non-hydrogen) atoms. The Kier molecular flexibility index (Phi) is 3.42. The van der Waals surface area contributed by atoms with Gasteiger partial charge in [0, 0.05) is 12.6 Å². The van der Waals surface area contributed by atoms with Crippen LogP contribution in [0, 0.1) is 0 Å². The maximum atomic E-state index is 11.8. The van der Waals surface area contributed by atoms with Crippen LogP contribution in [0.15, 0.2) is 18.5 Å². The monoisotopic (exact) mass is 266 g/mol. The molecular formula is C10H11ClN6O. The third-order valence-corrected chi connectivity index (χ3v) is 2.32. The van der Waals surface area contributed by atoms with Crippen molar-refractivity contribution in [2.75, 3.05) is 5.73 Å². The molecule has 7 nitrogen and oxygen atoms in total. The zero-order valence-electron chi connectivity index (χ0n) is 9.59. The van der Waals surface area contributed by atoms with Crippen molar-refractivity contribution in [3.8, 4) is 0 Å². The second kappa shape index (κ2) is 5.01. The van der Waals surface area contributed by atoms with Crippen molar-refractivity contribution in [2.24, 2.45) is 7.05 Å². The molecule has 0 aliphatic carbocycles. The van der Waals surface area contributed by atoms with E-state index in [4.69, 9.17) is 17.3 Å². The Bertz CT molecular complexity index is 561. The lowest BCUT2D eigenvalue weighted by Crippen LogP contribution is -2.23. The van der Waals surface area contributed by atoms with Crippen LogP contribution in [0.3, 0.4) is 0 Å². The van der Waals surface area contributed by atoms with Gasteiger partial charge >= 0.3 is 0 Å². The summed E-state index contributed by atoms with van der Waals surface area (Å²) in [5, 5.41) is 6.88. The number of nitrogens with zero attached hydrogens (tertiary/aromatic N) is 4. The molecule has 0 aliphatic heterocycles. The normalized spacial score (nSPS) is 10.3. The number of aromatic nitrogens is 4. The average molecular weight is 267 g/mol. The highest BCUT2D eigenvalue weighted by atomic mass is 35.5. The van der Waals surface area contributed by atoms with Gasteiger partial charge in [-0.1, -0.05) is 11.6 Å². The second-order valence-electron chi connectivity index (χ2n) is 3.62. The van der Waals surface area contributed by atoms with Gasteiger partial charge in [-0.2, -0.15) is 5.10 Å². The van der Waals surface area contributed by atoms with E-state index < -0.39 is 0 Å². The number of carbonyl (C=O) groups excluding carboxylic acids is 1. The van der Waals surface area contributed by atoms with Crippen molar-refractivity contribution in [1.29, 1.82) is 0 Å². The van der Waals surface area contributed by atoms with Crippen molar-refractivity contribution in [3.05, 3.63) is 35.0 Å². The molecule has 0 aromatic carbocycles. The van der Waals surface area contributed by atoms with Crippen LogP contribution in [-0.2, 0) is 13.6 Å². The predicted octanol–water partition coefficient (Wildman–Crippen LogP) is 0.376. The molecule has 2 aromatic heterocycles. The van der Waals surface area contributed by atoms with Gasteiger partial charge in [0.15, 0.2) is 5.82 Å². The van der Waals surface area contributed by atoms with E-state index in [1.807, 2.05) is 0 Å². The van der Waals surface area contributed by atoms with Crippen molar-refractivity contribution < 1.29 is 4.79 Å². The maximum Gasteiger partial charge on any atom is 0.251 e. The van der Waals surface area contributed by atoms with E-state index in [1.165, 1.54) is 12.1 Å². The van der Waals surface area contributed by atoms with Gasteiger partial charge in [-0.15, -0.1) is 0 Å². The van der Waals surface area contributed by atoms with E-state index in [2.05, 4.69) is 20.4 Å². The molecule has 0 bridgehead atoms. The Balaban J connectivity index is 2.03. The Morgan fingerprint density at radius 3 is 2.94 bits per heavy atom. The fraction of sp³-hybridized carbons (Fsp3) is 0.200. The molecule has 2 aromatic rings. The first-order chi connectivity index (χ1) is 8.54. The van der Waals surface area contributed by atoms with Crippen molar-refractivity contribution in [2.45, 2.75) is 6.54 Å². The number of hydrogen-bond donors (Lipinski definition) is 2. The summed E-state index contributed by atoms with van der Waals surface area (Å²) in [6, 6.07) is 2.90. The maximum absolute atomic E-state index is 11.8. The van der Waals surface area contributed by atoms with Crippen LogP contribution in [0.1, 0.15) is 16.2 Å². The molecule has 0 unspecified atom stereocenters. The SMILES string of the molecule is Cn1cnc(CNC(=O)c2cc(N)nc(Cl)c2)n1. The van der Waals surface area contributed by atoms with Crippen LogP contribution in [0.4, 0.5) is 5.82 Å². The van der Waals surface area contributed by atoms with E-state index in [0.29, 0.717) is 11.4 Å². The van der Waals surface area contributed by atoms with Gasteiger partial charge < -0.3 is 11.1 Å². The molecule has 3 N–H and O–H groups in total. The fourth-order valence-corrected chi connectivity index (χ4v) is 1.59. The molecule has 0 aliphatic rings. The largest absolute Gasteiger partial charge is 0.384 e. The highest BCUT2D eigenvalue weighted by molar-refractivity contribution is 6.29. The zero-order chi connectivity index (χ0) is 13.1. The molecule has 2 rings (SSSR count). The fourth-order valence-electron chi connectivity index (χ4n) is 1.37. The number of nitrogen functional groups attached to an aromatic ring is 1. The van der Waals surface area contributed by atoms with Crippen molar-refractivity contribution in [1.82, 2.24) is 25.1 Å². The van der Waals surface area contributed by atoms with Crippen LogP contribution >= 0.6 is 11.6 Å². The Labute approximate surface area is 108 Å². The zero-order valence-corrected chi connectivity index (χ0v) is 10.3. The number of amides is 1. The summed E-state index contributed by atoms with van der Waals surface area (Å²) >= 11 is 5.72. The number of nitrogens with two attached hydrogens (primary N) is 1. The number of carbonyl (C=O) groups is 1. The molecule has 0 radical (unpaired) electrons. The summed E-state index contributed by atoms with van der Waals surface area (Å²) in [6.45, 7) is 0.236. The number of hydrogen-bond acceptors (Lipinski definition) is 5. The summed E-state index contributed by atoms with van der Waals surface area (Å²) in [6.07, 6.45) is 1.56. The Morgan fingerprint density at radius 2 is 2.33 bits per heavy atom. The molecule has 0 saturated heterocycles. The Morgan fingerprint density at radius 1 is 1.56 bits per heavy atom. The molecule has 0 spiro atoms. The average Bonchev–Trinajstić information content (AvgIpc) is 2.70. The topological polar surface area (TPSA) is 98.7 Å². The van der Waals surface area contributed by atoms with Crippen LogP contribution < -0.4 is 11.1 Å². The van der Waals surface area contributed by atoms with Crippen LogP contribution in [0.2, 0.25) is 5.15 Å². The first-order valence-electron chi connectivity index (χ1n) is 5.10. The van der Waals surface area contributed by atoms with E-state index in [9.17, 15) is 4.79 Å². The Hall–Kier alpha value is -2.15. The lowest BCUT2D eigenvalue weighted by molar-refractivity contribution is 0.0950. The number of nitrogens with one attached hydrogen (secondary N) is 1. The van der Waals surface area contributed by atoms with Gasteiger partial charge in [-0.05, 0) is 12.1 Å². The minimum Gasteiger partial charge on any atom is -0.384 e. The summed E-state index contributed by atoms with van der Waals surface area (Å²) in [4.78, 5) is 19.6. The minimum atomic E-state index is -0.307. The predicted molar refractivity (Wildman–Crippen MR) is 65.8 cm³/mol. The number of aryl methyl sites for hydroxylation is 1. The van der Waals surface area contributed by atoms with Gasteiger partial charge in [-0.3, -0.25) is 9.48 Å². The van der Waals surface area contributed by atoms with Crippen molar-refractivity contribution in [3.63, 3.8) is 0 Å². The van der Waals surface area contributed by atoms with Crippen LogP contribution in [0.25, 0.3) is 0 Å². The van der Waals surface area contributed by atoms with Gasteiger partial charge in [-0.25, -0.2) is 9.97 Å². The minimum absolute atomic E-state index is 0.177. The lowest BCUT2D eigenvalue weighted by Gasteiger charge is -2.04. The third kappa shape index (κ3) is 2.95. The van der Waals surface area contributed by atoms with Gasteiger partial charge in [0.05, 0.1) is 6.54 Å². The molecule has 94 valence electrons. The van der Waals surface area contributed by atoms with Crippen molar-refractivity contribution >= 4 is 23.3 Å². The molecule has 0 fully saturated rings. The number of rotatable bonds is 3. The quantitative estimate of drug-likeness (QED) is 0.783. The van der Waals surface area contributed by atoms with E-state index in [0.717, 1.165) is 0 Å².